The molecule has 0 saturated carbocycles. The summed E-state index contributed by atoms with van der Waals surface area (Å²) >= 11 is 3.23. The second kappa shape index (κ2) is 3.49. The zero-order valence-corrected chi connectivity index (χ0v) is 8.88. The lowest BCUT2D eigenvalue weighted by molar-refractivity contribution is 0.555. The third-order valence-electron chi connectivity index (χ3n) is 1.86. The molecule has 5 heteroatoms. The summed E-state index contributed by atoms with van der Waals surface area (Å²) < 4.78 is 19.2. The fraction of sp³-hybridized carbons (Fsp3) is 0.111. The molecule has 0 atom stereocenters. The Morgan fingerprint density at radius 1 is 1.43 bits per heavy atom. The van der Waals surface area contributed by atoms with Crippen molar-refractivity contribution in [3.05, 3.63) is 34.4 Å². The van der Waals surface area contributed by atoms with E-state index in [4.69, 9.17) is 4.42 Å². The molecule has 2 rings (SSSR count). The van der Waals surface area contributed by atoms with Gasteiger partial charge in [-0.3, -0.25) is 0 Å². The molecule has 0 unspecified atom stereocenters. The summed E-state index contributed by atoms with van der Waals surface area (Å²) in [5.41, 5.74) is 0.851. The summed E-state index contributed by atoms with van der Waals surface area (Å²) in [4.78, 5) is 0. The molecule has 3 nitrogen and oxygen atoms in total. The molecule has 2 aromatic rings. The maximum atomic E-state index is 13.7. The molecule has 0 amide bonds. The van der Waals surface area contributed by atoms with E-state index in [0.717, 1.165) is 0 Å². The summed E-state index contributed by atoms with van der Waals surface area (Å²) in [5.74, 6) is -0.165. The molecule has 1 aromatic carbocycles. The third kappa shape index (κ3) is 1.43. The van der Waals surface area contributed by atoms with E-state index in [1.54, 1.807) is 19.1 Å². The summed E-state index contributed by atoms with van der Waals surface area (Å²) in [7, 11) is 0. The SMILES string of the molecule is Cc1ccc(Br)c(-c2nnco2)c1F. The number of aromatic nitrogens is 2. The fourth-order valence-corrected chi connectivity index (χ4v) is 1.61. The minimum Gasteiger partial charge on any atom is -0.423 e. The van der Waals surface area contributed by atoms with Crippen molar-refractivity contribution in [2.45, 2.75) is 6.92 Å². The van der Waals surface area contributed by atoms with Crippen LogP contribution in [-0.2, 0) is 0 Å². The van der Waals surface area contributed by atoms with E-state index in [1.807, 2.05) is 0 Å². The van der Waals surface area contributed by atoms with Crippen LogP contribution in [0, 0.1) is 12.7 Å². The van der Waals surface area contributed by atoms with Gasteiger partial charge in [0, 0.05) is 4.47 Å². The number of hydrogen-bond donors (Lipinski definition) is 0. The van der Waals surface area contributed by atoms with Gasteiger partial charge in [-0.05, 0) is 34.5 Å². The van der Waals surface area contributed by atoms with Crippen molar-refractivity contribution in [2.24, 2.45) is 0 Å². The highest BCUT2D eigenvalue weighted by molar-refractivity contribution is 9.10. The van der Waals surface area contributed by atoms with E-state index in [9.17, 15) is 4.39 Å². The van der Waals surface area contributed by atoms with Crippen LogP contribution >= 0.6 is 15.9 Å². The van der Waals surface area contributed by atoms with Crippen LogP contribution in [0.5, 0.6) is 0 Å². The zero-order chi connectivity index (χ0) is 10.1. The first-order valence-electron chi connectivity index (χ1n) is 3.91. The lowest BCUT2D eigenvalue weighted by atomic mass is 10.1. The molecule has 0 fully saturated rings. The molecule has 0 spiro atoms. The van der Waals surface area contributed by atoms with Crippen molar-refractivity contribution in [1.29, 1.82) is 0 Å². The van der Waals surface area contributed by atoms with Crippen LogP contribution in [0.3, 0.4) is 0 Å². The second-order valence-electron chi connectivity index (χ2n) is 2.80. The van der Waals surface area contributed by atoms with E-state index < -0.39 is 0 Å². The van der Waals surface area contributed by atoms with Crippen LogP contribution in [-0.4, -0.2) is 10.2 Å². The van der Waals surface area contributed by atoms with Crippen molar-refractivity contribution in [3.8, 4) is 11.5 Å². The lowest BCUT2D eigenvalue weighted by Gasteiger charge is -2.03. The van der Waals surface area contributed by atoms with Crippen LogP contribution in [0.15, 0.2) is 27.4 Å². The second-order valence-corrected chi connectivity index (χ2v) is 3.65. The molecule has 0 saturated heterocycles. The first kappa shape index (κ1) is 9.33. The van der Waals surface area contributed by atoms with Gasteiger partial charge in [0.1, 0.15) is 5.82 Å². The predicted octanol–water partition coefficient (Wildman–Crippen LogP) is 2.95. The Morgan fingerprint density at radius 3 is 2.86 bits per heavy atom. The van der Waals surface area contributed by atoms with Crippen LogP contribution in [0.1, 0.15) is 5.56 Å². The van der Waals surface area contributed by atoms with Crippen molar-refractivity contribution < 1.29 is 8.81 Å². The number of aryl methyl sites for hydroxylation is 1. The van der Waals surface area contributed by atoms with Crippen LogP contribution < -0.4 is 0 Å². The highest BCUT2D eigenvalue weighted by Gasteiger charge is 2.15. The van der Waals surface area contributed by atoms with E-state index in [1.165, 1.54) is 6.39 Å². The Bertz CT molecular complexity index is 456. The zero-order valence-electron chi connectivity index (χ0n) is 7.29. The van der Waals surface area contributed by atoms with Gasteiger partial charge in [0.25, 0.3) is 5.89 Å². The molecule has 0 aliphatic carbocycles. The summed E-state index contributed by atoms with van der Waals surface area (Å²) in [6, 6.07) is 3.43. The highest BCUT2D eigenvalue weighted by Crippen LogP contribution is 2.30. The molecule has 72 valence electrons. The Hall–Kier alpha value is -1.23. The number of hydrogen-bond acceptors (Lipinski definition) is 3. The van der Waals surface area contributed by atoms with Crippen molar-refractivity contribution >= 4 is 15.9 Å². The molecule has 1 heterocycles. The monoisotopic (exact) mass is 256 g/mol. The predicted molar refractivity (Wildman–Crippen MR) is 52.1 cm³/mol. The van der Waals surface area contributed by atoms with Crippen molar-refractivity contribution in [2.75, 3.05) is 0 Å². The normalized spacial score (nSPS) is 10.5. The maximum Gasteiger partial charge on any atom is 0.251 e. The quantitative estimate of drug-likeness (QED) is 0.788. The minimum atomic E-state index is -0.344. The Labute approximate surface area is 88.1 Å². The van der Waals surface area contributed by atoms with E-state index in [0.29, 0.717) is 15.6 Å². The van der Waals surface area contributed by atoms with E-state index in [2.05, 4.69) is 26.1 Å². The van der Waals surface area contributed by atoms with Gasteiger partial charge in [-0.2, -0.15) is 0 Å². The first-order chi connectivity index (χ1) is 6.70. The average molecular weight is 257 g/mol. The third-order valence-corrected chi connectivity index (χ3v) is 2.52. The molecule has 0 N–H and O–H groups in total. The number of rotatable bonds is 1. The van der Waals surface area contributed by atoms with Gasteiger partial charge in [0.15, 0.2) is 0 Å². The topological polar surface area (TPSA) is 38.9 Å². The molecule has 14 heavy (non-hydrogen) atoms. The Balaban J connectivity index is 2.69. The van der Waals surface area contributed by atoms with Gasteiger partial charge in [-0.15, -0.1) is 10.2 Å². The number of halogens is 2. The summed E-state index contributed by atoms with van der Waals surface area (Å²) in [5, 5.41) is 7.17. The molecule has 0 aliphatic heterocycles. The fourth-order valence-electron chi connectivity index (χ4n) is 1.13. The molecule has 0 radical (unpaired) electrons. The molecule has 1 aromatic heterocycles. The van der Waals surface area contributed by atoms with E-state index >= 15 is 0 Å². The van der Waals surface area contributed by atoms with Gasteiger partial charge < -0.3 is 4.42 Å². The maximum absolute atomic E-state index is 13.7. The van der Waals surface area contributed by atoms with Crippen LogP contribution in [0.4, 0.5) is 4.39 Å². The first-order valence-corrected chi connectivity index (χ1v) is 4.70. The average Bonchev–Trinajstić information content (AvgIpc) is 2.65. The largest absolute Gasteiger partial charge is 0.423 e. The molecule has 0 aliphatic rings. The van der Waals surface area contributed by atoms with Gasteiger partial charge in [-0.25, -0.2) is 4.39 Å². The Kier molecular flexibility index (Phi) is 2.33. The summed E-state index contributed by atoms with van der Waals surface area (Å²) in [6.07, 6.45) is 1.17. The van der Waals surface area contributed by atoms with Crippen LogP contribution in [0.25, 0.3) is 11.5 Å². The molecule has 0 bridgehead atoms. The highest BCUT2D eigenvalue weighted by atomic mass is 79.9. The van der Waals surface area contributed by atoms with Gasteiger partial charge in [-0.1, -0.05) is 6.07 Å². The molecular formula is C9H6BrFN2O. The Morgan fingerprint density at radius 2 is 2.21 bits per heavy atom. The van der Waals surface area contributed by atoms with Gasteiger partial charge in [0.2, 0.25) is 6.39 Å². The molecular weight excluding hydrogens is 251 g/mol. The van der Waals surface area contributed by atoms with Crippen molar-refractivity contribution in [1.82, 2.24) is 10.2 Å². The number of nitrogens with zero attached hydrogens (tertiary/aromatic N) is 2. The smallest absolute Gasteiger partial charge is 0.251 e. The number of benzene rings is 1. The van der Waals surface area contributed by atoms with E-state index in [-0.39, 0.29) is 11.7 Å². The standard InChI is InChI=1S/C9H6BrFN2O/c1-5-2-3-6(10)7(8(5)11)9-13-12-4-14-9/h2-4H,1H3. The lowest BCUT2D eigenvalue weighted by Crippen LogP contribution is -1.90. The van der Waals surface area contributed by atoms with Crippen molar-refractivity contribution in [3.63, 3.8) is 0 Å². The van der Waals surface area contributed by atoms with Gasteiger partial charge in [0.05, 0.1) is 5.56 Å². The minimum absolute atomic E-state index is 0.179. The van der Waals surface area contributed by atoms with Gasteiger partial charge >= 0.3 is 0 Å². The van der Waals surface area contributed by atoms with Crippen LogP contribution in [0.2, 0.25) is 0 Å². The summed E-state index contributed by atoms with van der Waals surface area (Å²) in [6.45, 7) is 1.68.